The van der Waals surface area contributed by atoms with Crippen LogP contribution in [0.3, 0.4) is 0 Å². The molecule has 2 rings (SSSR count). The summed E-state index contributed by atoms with van der Waals surface area (Å²) >= 11 is 0. The van der Waals surface area contributed by atoms with Crippen molar-refractivity contribution in [1.82, 2.24) is 10.6 Å². The number of hydrogen-bond donors (Lipinski definition) is 3. The molecule has 0 radical (unpaired) electrons. The predicted molar refractivity (Wildman–Crippen MR) is 81.0 cm³/mol. The SMILES string of the molecule is CC1CCC(CNC(=O)NC(C(=O)O)C2CCCCC2)C1. The molecular formula is C16H28N2O3. The summed E-state index contributed by atoms with van der Waals surface area (Å²) in [5.41, 5.74) is 0. The molecule has 0 bridgehead atoms. The van der Waals surface area contributed by atoms with Crippen LogP contribution in [-0.2, 0) is 4.79 Å². The minimum Gasteiger partial charge on any atom is -0.480 e. The molecule has 0 aromatic heterocycles. The Kier molecular flexibility index (Phi) is 5.88. The van der Waals surface area contributed by atoms with Gasteiger partial charge in [0.25, 0.3) is 0 Å². The number of hydrogen-bond acceptors (Lipinski definition) is 2. The second-order valence-electron chi connectivity index (χ2n) is 6.85. The van der Waals surface area contributed by atoms with Gasteiger partial charge in [-0.2, -0.15) is 0 Å². The van der Waals surface area contributed by atoms with E-state index in [-0.39, 0.29) is 11.9 Å². The number of carbonyl (C=O) groups is 2. The van der Waals surface area contributed by atoms with Gasteiger partial charge in [-0.3, -0.25) is 0 Å². The number of aliphatic carboxylic acids is 1. The fourth-order valence-corrected chi connectivity index (χ4v) is 3.79. The molecule has 0 spiro atoms. The lowest BCUT2D eigenvalue weighted by molar-refractivity contribution is -0.141. The first-order valence-corrected chi connectivity index (χ1v) is 8.33. The molecule has 3 atom stereocenters. The van der Waals surface area contributed by atoms with Crippen LogP contribution in [0.1, 0.15) is 58.3 Å². The predicted octanol–water partition coefficient (Wildman–Crippen LogP) is 2.76. The normalized spacial score (nSPS) is 28.0. The molecule has 3 unspecified atom stereocenters. The van der Waals surface area contributed by atoms with E-state index in [1.54, 1.807) is 0 Å². The molecule has 5 heteroatoms. The van der Waals surface area contributed by atoms with E-state index in [1.807, 2.05) is 0 Å². The summed E-state index contributed by atoms with van der Waals surface area (Å²) in [4.78, 5) is 23.3. The lowest BCUT2D eigenvalue weighted by atomic mass is 9.84. The van der Waals surface area contributed by atoms with Crippen LogP contribution in [0.4, 0.5) is 4.79 Å². The van der Waals surface area contributed by atoms with E-state index in [0.717, 1.165) is 44.4 Å². The van der Waals surface area contributed by atoms with Crippen molar-refractivity contribution >= 4 is 12.0 Å². The lowest BCUT2D eigenvalue weighted by Crippen LogP contribution is -2.50. The Labute approximate surface area is 126 Å². The standard InChI is InChI=1S/C16H28N2O3/c1-11-7-8-12(9-11)10-17-16(21)18-14(15(19)20)13-5-3-2-4-6-13/h11-14H,2-10H2,1H3,(H,19,20)(H2,17,18,21). The van der Waals surface area contributed by atoms with E-state index in [2.05, 4.69) is 17.6 Å². The summed E-state index contributed by atoms with van der Waals surface area (Å²) in [5.74, 6) is 0.456. The van der Waals surface area contributed by atoms with Crippen LogP contribution < -0.4 is 10.6 Å². The number of carboxylic acids is 1. The van der Waals surface area contributed by atoms with Crippen LogP contribution in [-0.4, -0.2) is 29.7 Å². The molecule has 5 nitrogen and oxygen atoms in total. The summed E-state index contributed by atoms with van der Waals surface area (Å²) in [6, 6.07) is -1.07. The van der Waals surface area contributed by atoms with Gasteiger partial charge in [-0.25, -0.2) is 9.59 Å². The van der Waals surface area contributed by atoms with Gasteiger partial charge in [-0.15, -0.1) is 0 Å². The first kappa shape index (κ1) is 16.1. The summed E-state index contributed by atoms with van der Waals surface area (Å²) in [7, 11) is 0. The van der Waals surface area contributed by atoms with Crippen molar-refractivity contribution in [3.05, 3.63) is 0 Å². The van der Waals surface area contributed by atoms with Gasteiger partial charge in [0.15, 0.2) is 0 Å². The van der Waals surface area contributed by atoms with Crippen LogP contribution in [0.25, 0.3) is 0 Å². The smallest absolute Gasteiger partial charge is 0.326 e. The molecule has 2 aliphatic rings. The Bertz CT molecular complexity index is 367. The molecule has 2 fully saturated rings. The number of rotatable bonds is 5. The Hall–Kier alpha value is -1.26. The molecule has 2 aliphatic carbocycles. The molecule has 0 heterocycles. The van der Waals surface area contributed by atoms with Crippen molar-refractivity contribution in [1.29, 1.82) is 0 Å². The summed E-state index contributed by atoms with van der Waals surface area (Å²) in [6.07, 6.45) is 8.66. The minimum absolute atomic E-state index is 0.0773. The van der Waals surface area contributed by atoms with Gasteiger partial charge in [0.05, 0.1) is 0 Å². The van der Waals surface area contributed by atoms with Gasteiger partial charge in [0.1, 0.15) is 6.04 Å². The van der Waals surface area contributed by atoms with Crippen LogP contribution in [0.15, 0.2) is 0 Å². The van der Waals surface area contributed by atoms with E-state index in [1.165, 1.54) is 12.8 Å². The molecule has 21 heavy (non-hydrogen) atoms. The molecule has 0 aromatic rings. The zero-order valence-electron chi connectivity index (χ0n) is 12.9. The highest BCUT2D eigenvalue weighted by Crippen LogP contribution is 2.29. The maximum absolute atomic E-state index is 12.0. The monoisotopic (exact) mass is 296 g/mol. The number of nitrogens with one attached hydrogen (secondary N) is 2. The van der Waals surface area contributed by atoms with Crippen LogP contribution in [0, 0.1) is 17.8 Å². The van der Waals surface area contributed by atoms with Gasteiger partial charge in [-0.05, 0) is 43.4 Å². The van der Waals surface area contributed by atoms with Crippen molar-refractivity contribution < 1.29 is 14.7 Å². The second kappa shape index (κ2) is 7.66. The number of amides is 2. The highest BCUT2D eigenvalue weighted by molar-refractivity contribution is 5.82. The van der Waals surface area contributed by atoms with Crippen LogP contribution in [0.5, 0.6) is 0 Å². The molecule has 2 amide bonds. The highest BCUT2D eigenvalue weighted by Gasteiger charge is 2.31. The number of urea groups is 1. The molecular weight excluding hydrogens is 268 g/mol. The molecule has 2 saturated carbocycles. The topological polar surface area (TPSA) is 78.4 Å². The van der Waals surface area contributed by atoms with E-state index < -0.39 is 12.0 Å². The van der Waals surface area contributed by atoms with Gasteiger partial charge < -0.3 is 15.7 Å². The van der Waals surface area contributed by atoms with Crippen molar-refractivity contribution in [2.75, 3.05) is 6.54 Å². The molecule has 120 valence electrons. The largest absolute Gasteiger partial charge is 0.480 e. The number of carboxylic acid groups (broad SMARTS) is 1. The van der Waals surface area contributed by atoms with Crippen molar-refractivity contribution in [3.63, 3.8) is 0 Å². The fraction of sp³-hybridized carbons (Fsp3) is 0.875. The Balaban J connectivity index is 1.76. The first-order chi connectivity index (χ1) is 10.1. The number of carbonyl (C=O) groups excluding carboxylic acids is 1. The average Bonchev–Trinajstić information content (AvgIpc) is 2.89. The Morgan fingerprint density at radius 3 is 2.43 bits per heavy atom. The van der Waals surface area contributed by atoms with E-state index >= 15 is 0 Å². The Morgan fingerprint density at radius 1 is 1.14 bits per heavy atom. The maximum atomic E-state index is 12.0. The van der Waals surface area contributed by atoms with Crippen LogP contribution >= 0.6 is 0 Å². The Morgan fingerprint density at radius 2 is 1.86 bits per heavy atom. The van der Waals surface area contributed by atoms with Gasteiger partial charge >= 0.3 is 12.0 Å². The third kappa shape index (κ3) is 4.90. The van der Waals surface area contributed by atoms with Gasteiger partial charge in [-0.1, -0.05) is 32.6 Å². The fourth-order valence-electron chi connectivity index (χ4n) is 3.79. The third-order valence-electron chi connectivity index (χ3n) is 5.03. The second-order valence-corrected chi connectivity index (χ2v) is 6.85. The maximum Gasteiger partial charge on any atom is 0.326 e. The molecule has 0 saturated heterocycles. The summed E-state index contributed by atoms with van der Waals surface area (Å²) in [5, 5.41) is 14.9. The van der Waals surface area contributed by atoms with E-state index in [9.17, 15) is 14.7 Å². The molecule has 0 aliphatic heterocycles. The first-order valence-electron chi connectivity index (χ1n) is 8.33. The molecule has 3 N–H and O–H groups in total. The van der Waals surface area contributed by atoms with E-state index in [4.69, 9.17) is 0 Å². The van der Waals surface area contributed by atoms with Gasteiger partial charge in [0.2, 0.25) is 0 Å². The summed E-state index contributed by atoms with van der Waals surface area (Å²) in [6.45, 7) is 2.90. The lowest BCUT2D eigenvalue weighted by Gasteiger charge is -2.28. The van der Waals surface area contributed by atoms with Crippen molar-refractivity contribution in [3.8, 4) is 0 Å². The third-order valence-corrected chi connectivity index (χ3v) is 5.03. The average molecular weight is 296 g/mol. The van der Waals surface area contributed by atoms with E-state index in [0.29, 0.717) is 12.5 Å². The minimum atomic E-state index is -0.911. The van der Waals surface area contributed by atoms with Gasteiger partial charge in [0, 0.05) is 6.54 Å². The molecule has 0 aromatic carbocycles. The quantitative estimate of drug-likeness (QED) is 0.730. The van der Waals surface area contributed by atoms with Crippen LogP contribution in [0.2, 0.25) is 0 Å². The van der Waals surface area contributed by atoms with Crippen molar-refractivity contribution in [2.45, 2.75) is 64.3 Å². The summed E-state index contributed by atoms with van der Waals surface area (Å²) < 4.78 is 0. The zero-order chi connectivity index (χ0) is 15.2. The zero-order valence-corrected chi connectivity index (χ0v) is 12.9. The highest BCUT2D eigenvalue weighted by atomic mass is 16.4. The van der Waals surface area contributed by atoms with Crippen molar-refractivity contribution in [2.24, 2.45) is 17.8 Å².